The van der Waals surface area contributed by atoms with Crippen LogP contribution >= 0.6 is 11.6 Å². The highest BCUT2D eigenvalue weighted by atomic mass is 35.5. The Kier molecular flexibility index (Phi) is 2.79. The summed E-state index contributed by atoms with van der Waals surface area (Å²) in [5, 5.41) is 10.3. The van der Waals surface area contributed by atoms with Gasteiger partial charge in [0.2, 0.25) is 0 Å². The van der Waals surface area contributed by atoms with Gasteiger partial charge in [-0.15, -0.1) is 0 Å². The van der Waals surface area contributed by atoms with E-state index < -0.39 is 5.82 Å². The minimum atomic E-state index is -0.430. The number of hydrogen-bond donors (Lipinski definition) is 1. The summed E-state index contributed by atoms with van der Waals surface area (Å²) in [6, 6.07) is 8.45. The fourth-order valence-electron chi connectivity index (χ4n) is 2.22. The maximum Gasteiger partial charge on any atom is 0.333 e. The fraction of sp³-hybridized carbons (Fsp3) is 0.0714. The number of aromatic hydroxyl groups is 1. The summed E-state index contributed by atoms with van der Waals surface area (Å²) in [4.78, 5) is 12.3. The molecule has 4 nitrogen and oxygen atoms in total. The van der Waals surface area contributed by atoms with Crippen molar-refractivity contribution < 1.29 is 9.50 Å². The molecule has 2 aromatic carbocycles. The van der Waals surface area contributed by atoms with Crippen LogP contribution in [0.15, 0.2) is 41.2 Å². The van der Waals surface area contributed by atoms with Gasteiger partial charge in [0.1, 0.15) is 11.6 Å². The van der Waals surface area contributed by atoms with Crippen LogP contribution in [0.25, 0.3) is 16.7 Å². The van der Waals surface area contributed by atoms with Crippen molar-refractivity contribution in [2.24, 2.45) is 7.05 Å². The van der Waals surface area contributed by atoms with Crippen molar-refractivity contribution in [1.82, 2.24) is 9.13 Å². The molecule has 0 aliphatic carbocycles. The number of rotatable bonds is 1. The molecule has 1 heterocycles. The SMILES string of the molecule is Cn1c(=O)n(-c2cc(Cl)ccc2O)c2ccc(F)cc21. The molecule has 20 heavy (non-hydrogen) atoms. The van der Waals surface area contributed by atoms with E-state index in [1.165, 1.54) is 45.5 Å². The monoisotopic (exact) mass is 292 g/mol. The Morgan fingerprint density at radius 1 is 1.15 bits per heavy atom. The number of benzene rings is 2. The average molecular weight is 293 g/mol. The molecule has 0 aliphatic rings. The second kappa shape index (κ2) is 4.38. The van der Waals surface area contributed by atoms with E-state index in [-0.39, 0.29) is 17.1 Å². The summed E-state index contributed by atoms with van der Waals surface area (Å²) >= 11 is 5.91. The lowest BCUT2D eigenvalue weighted by molar-refractivity contribution is 0.472. The molecule has 0 atom stereocenters. The summed E-state index contributed by atoms with van der Waals surface area (Å²) in [6.07, 6.45) is 0. The molecule has 0 bridgehead atoms. The summed E-state index contributed by atoms with van der Waals surface area (Å²) < 4.78 is 15.9. The van der Waals surface area contributed by atoms with Gasteiger partial charge in [0.15, 0.2) is 0 Å². The van der Waals surface area contributed by atoms with Crippen molar-refractivity contribution in [3.63, 3.8) is 0 Å². The minimum Gasteiger partial charge on any atom is -0.506 e. The van der Waals surface area contributed by atoms with Gasteiger partial charge < -0.3 is 5.11 Å². The third-order valence-electron chi connectivity index (χ3n) is 3.20. The molecule has 0 fully saturated rings. The molecule has 1 aromatic heterocycles. The van der Waals surface area contributed by atoms with Crippen LogP contribution in [-0.4, -0.2) is 14.2 Å². The quantitative estimate of drug-likeness (QED) is 0.750. The zero-order chi connectivity index (χ0) is 14.4. The zero-order valence-corrected chi connectivity index (χ0v) is 11.2. The van der Waals surface area contributed by atoms with Crippen molar-refractivity contribution in [3.05, 3.63) is 57.7 Å². The number of phenolic OH excluding ortho intramolecular Hbond substituents is 1. The number of halogens is 2. The summed E-state index contributed by atoms with van der Waals surface area (Å²) in [6.45, 7) is 0. The molecule has 0 amide bonds. The lowest BCUT2D eigenvalue weighted by Crippen LogP contribution is -2.20. The molecule has 102 valence electrons. The highest BCUT2D eigenvalue weighted by Gasteiger charge is 2.15. The molecular formula is C14H10ClFN2O2. The van der Waals surface area contributed by atoms with E-state index in [0.717, 1.165) is 0 Å². The minimum absolute atomic E-state index is 0.0756. The van der Waals surface area contributed by atoms with Crippen LogP contribution in [0.5, 0.6) is 5.75 Å². The molecule has 0 radical (unpaired) electrons. The van der Waals surface area contributed by atoms with Crippen LogP contribution in [-0.2, 0) is 7.05 Å². The van der Waals surface area contributed by atoms with Gasteiger partial charge in [0.25, 0.3) is 0 Å². The molecule has 0 spiro atoms. The first-order chi connectivity index (χ1) is 9.49. The Bertz CT molecular complexity index is 883. The van der Waals surface area contributed by atoms with Crippen LogP contribution < -0.4 is 5.69 Å². The van der Waals surface area contributed by atoms with Gasteiger partial charge in [0, 0.05) is 12.1 Å². The van der Waals surface area contributed by atoms with Gasteiger partial charge >= 0.3 is 5.69 Å². The first-order valence-corrected chi connectivity index (χ1v) is 6.22. The van der Waals surface area contributed by atoms with Crippen LogP contribution in [0, 0.1) is 5.82 Å². The Morgan fingerprint density at radius 3 is 2.65 bits per heavy atom. The van der Waals surface area contributed by atoms with Crippen LogP contribution in [0.1, 0.15) is 0 Å². The molecule has 6 heteroatoms. The van der Waals surface area contributed by atoms with Crippen molar-refractivity contribution >= 4 is 22.6 Å². The van der Waals surface area contributed by atoms with E-state index in [1.54, 1.807) is 7.05 Å². The molecular weight excluding hydrogens is 283 g/mol. The van der Waals surface area contributed by atoms with Gasteiger partial charge in [-0.25, -0.2) is 9.18 Å². The van der Waals surface area contributed by atoms with Gasteiger partial charge in [-0.2, -0.15) is 0 Å². The number of hydrogen-bond acceptors (Lipinski definition) is 2. The predicted molar refractivity (Wildman–Crippen MR) is 75.1 cm³/mol. The highest BCUT2D eigenvalue weighted by molar-refractivity contribution is 6.30. The first-order valence-electron chi connectivity index (χ1n) is 5.85. The molecule has 3 aromatic rings. The van der Waals surface area contributed by atoms with E-state index >= 15 is 0 Å². The van der Waals surface area contributed by atoms with Crippen molar-refractivity contribution in [2.45, 2.75) is 0 Å². The molecule has 0 saturated heterocycles. The number of phenols is 1. The maximum atomic E-state index is 13.3. The average Bonchev–Trinajstić information content (AvgIpc) is 2.66. The Morgan fingerprint density at radius 2 is 1.90 bits per heavy atom. The van der Waals surface area contributed by atoms with Crippen molar-refractivity contribution in [2.75, 3.05) is 0 Å². The number of aryl methyl sites for hydroxylation is 1. The topological polar surface area (TPSA) is 47.2 Å². The lowest BCUT2D eigenvalue weighted by atomic mass is 10.2. The Balaban J connectivity index is 2.45. The largest absolute Gasteiger partial charge is 0.506 e. The first kappa shape index (κ1) is 12.7. The maximum absolute atomic E-state index is 13.3. The fourth-order valence-corrected chi connectivity index (χ4v) is 2.39. The van der Waals surface area contributed by atoms with E-state index in [0.29, 0.717) is 16.1 Å². The van der Waals surface area contributed by atoms with Gasteiger partial charge in [0.05, 0.1) is 16.7 Å². The number of imidazole rings is 1. The van der Waals surface area contributed by atoms with E-state index in [2.05, 4.69) is 0 Å². The van der Waals surface area contributed by atoms with E-state index in [1.807, 2.05) is 0 Å². The van der Waals surface area contributed by atoms with Gasteiger partial charge in [-0.1, -0.05) is 11.6 Å². The summed E-state index contributed by atoms with van der Waals surface area (Å²) in [5.74, 6) is -0.506. The van der Waals surface area contributed by atoms with E-state index in [9.17, 15) is 14.3 Å². The van der Waals surface area contributed by atoms with Crippen LogP contribution in [0.3, 0.4) is 0 Å². The van der Waals surface area contributed by atoms with Crippen molar-refractivity contribution in [3.8, 4) is 11.4 Å². The van der Waals surface area contributed by atoms with Crippen LogP contribution in [0.2, 0.25) is 5.02 Å². The molecule has 0 saturated carbocycles. The highest BCUT2D eigenvalue weighted by Crippen LogP contribution is 2.27. The number of nitrogens with zero attached hydrogens (tertiary/aromatic N) is 2. The smallest absolute Gasteiger partial charge is 0.333 e. The predicted octanol–water partition coefficient (Wildman–Crippen LogP) is 2.83. The lowest BCUT2D eigenvalue weighted by Gasteiger charge is -2.06. The Hall–Kier alpha value is -2.27. The van der Waals surface area contributed by atoms with E-state index in [4.69, 9.17) is 11.6 Å². The van der Waals surface area contributed by atoms with Crippen LogP contribution in [0.4, 0.5) is 4.39 Å². The summed E-state index contributed by atoms with van der Waals surface area (Å²) in [7, 11) is 1.54. The third-order valence-corrected chi connectivity index (χ3v) is 3.43. The van der Waals surface area contributed by atoms with Gasteiger partial charge in [-0.05, 0) is 36.4 Å². The second-order valence-electron chi connectivity index (χ2n) is 4.44. The normalized spacial score (nSPS) is 11.2. The van der Waals surface area contributed by atoms with Crippen molar-refractivity contribution in [1.29, 1.82) is 0 Å². The van der Waals surface area contributed by atoms with Gasteiger partial charge in [-0.3, -0.25) is 9.13 Å². The second-order valence-corrected chi connectivity index (χ2v) is 4.88. The number of aromatic nitrogens is 2. The summed E-state index contributed by atoms with van der Waals surface area (Å²) in [5.41, 5.74) is 0.814. The molecule has 0 aliphatic heterocycles. The number of fused-ring (bicyclic) bond motifs is 1. The molecule has 1 N–H and O–H groups in total. The molecule has 3 rings (SSSR count). The zero-order valence-electron chi connectivity index (χ0n) is 10.5. The molecule has 0 unspecified atom stereocenters. The third kappa shape index (κ3) is 1.78. The Labute approximate surface area is 118 Å². The standard InChI is InChI=1S/C14H10ClFN2O2/c1-17-11-7-9(16)3-4-10(11)18(14(17)20)12-6-8(15)2-5-13(12)19/h2-7,19H,1H3.